The van der Waals surface area contributed by atoms with E-state index in [1.165, 1.54) is 0 Å². The van der Waals surface area contributed by atoms with Crippen LogP contribution in [0.1, 0.15) is 26.2 Å². The maximum atomic E-state index is 12.7. The van der Waals surface area contributed by atoms with E-state index in [2.05, 4.69) is 9.88 Å². The number of amides is 1. The summed E-state index contributed by atoms with van der Waals surface area (Å²) in [5.41, 5.74) is -0.626. The number of hydrogen-bond donors (Lipinski definition) is 0. The number of carbonyl (C=O) groups excluding carboxylic acids is 1. The summed E-state index contributed by atoms with van der Waals surface area (Å²) >= 11 is 5.87. The maximum Gasteiger partial charge on any atom is 0.254 e. The lowest BCUT2D eigenvalue weighted by molar-refractivity contribution is -0.162. The van der Waals surface area contributed by atoms with Gasteiger partial charge < -0.3 is 14.5 Å². The molecule has 0 bridgehead atoms. The molecule has 3 heterocycles. The van der Waals surface area contributed by atoms with E-state index in [1.54, 1.807) is 6.20 Å². The molecule has 1 aromatic rings. The van der Waals surface area contributed by atoms with Gasteiger partial charge >= 0.3 is 0 Å². The van der Waals surface area contributed by atoms with Gasteiger partial charge in [0.15, 0.2) is 0 Å². The molecule has 22 heavy (non-hydrogen) atoms. The molecule has 0 spiro atoms. The predicted molar refractivity (Wildman–Crippen MR) is 86.2 cm³/mol. The molecule has 0 aromatic carbocycles. The summed E-state index contributed by atoms with van der Waals surface area (Å²) in [6, 6.07) is 3.77. The molecule has 2 aliphatic rings. The van der Waals surface area contributed by atoms with Crippen molar-refractivity contribution in [3.05, 3.63) is 23.4 Å². The Morgan fingerprint density at radius 1 is 1.27 bits per heavy atom. The first-order chi connectivity index (χ1) is 10.6. The number of hydrogen-bond acceptors (Lipinski definition) is 4. The highest BCUT2D eigenvalue weighted by atomic mass is 35.5. The van der Waals surface area contributed by atoms with Crippen LogP contribution in [0.2, 0.25) is 5.02 Å². The lowest BCUT2D eigenvalue weighted by Crippen LogP contribution is -2.56. The van der Waals surface area contributed by atoms with Crippen LogP contribution in [-0.4, -0.2) is 54.2 Å². The molecule has 0 radical (unpaired) electrons. The van der Waals surface area contributed by atoms with Gasteiger partial charge in [-0.15, -0.1) is 0 Å². The predicted octanol–water partition coefficient (Wildman–Crippen LogP) is 2.34. The minimum Gasteiger partial charge on any atom is -0.365 e. The Hall–Kier alpha value is -1.33. The van der Waals surface area contributed by atoms with Crippen LogP contribution in [0.4, 0.5) is 5.82 Å². The molecular weight excluding hydrogens is 302 g/mol. The van der Waals surface area contributed by atoms with E-state index in [0.717, 1.165) is 38.2 Å². The number of nitrogens with zero attached hydrogens (tertiary/aromatic N) is 3. The van der Waals surface area contributed by atoms with Crippen molar-refractivity contribution in [1.82, 2.24) is 9.88 Å². The first-order valence-corrected chi connectivity index (χ1v) is 8.26. The highest BCUT2D eigenvalue weighted by Crippen LogP contribution is 2.27. The third-order valence-corrected chi connectivity index (χ3v) is 4.75. The second-order valence-electron chi connectivity index (χ2n) is 6.15. The summed E-state index contributed by atoms with van der Waals surface area (Å²) in [7, 11) is 0. The van der Waals surface area contributed by atoms with Crippen LogP contribution in [0.25, 0.3) is 0 Å². The van der Waals surface area contributed by atoms with Crippen LogP contribution in [0.15, 0.2) is 18.3 Å². The van der Waals surface area contributed by atoms with Gasteiger partial charge in [0.2, 0.25) is 0 Å². The van der Waals surface area contributed by atoms with Crippen LogP contribution in [-0.2, 0) is 9.53 Å². The molecule has 0 aliphatic carbocycles. The van der Waals surface area contributed by atoms with Crippen molar-refractivity contribution in [3.63, 3.8) is 0 Å². The SMILES string of the molecule is C[C@]1(C(=O)N2CCN(c3ccc(Cl)cn3)CC2)CCCCO1. The second-order valence-corrected chi connectivity index (χ2v) is 6.59. The number of piperazine rings is 1. The molecule has 5 nitrogen and oxygen atoms in total. The topological polar surface area (TPSA) is 45.7 Å². The number of anilines is 1. The van der Waals surface area contributed by atoms with Crippen molar-refractivity contribution in [1.29, 1.82) is 0 Å². The van der Waals surface area contributed by atoms with Gasteiger partial charge in [0.1, 0.15) is 11.4 Å². The Bertz CT molecular complexity index is 521. The van der Waals surface area contributed by atoms with E-state index < -0.39 is 5.60 Å². The third-order valence-electron chi connectivity index (χ3n) is 4.52. The average Bonchev–Trinajstić information content (AvgIpc) is 2.56. The number of carbonyl (C=O) groups is 1. The minimum atomic E-state index is -0.626. The fourth-order valence-electron chi connectivity index (χ4n) is 3.13. The molecule has 2 saturated heterocycles. The molecule has 0 saturated carbocycles. The van der Waals surface area contributed by atoms with Crippen molar-refractivity contribution >= 4 is 23.3 Å². The summed E-state index contributed by atoms with van der Waals surface area (Å²) in [6.45, 7) is 5.62. The van der Waals surface area contributed by atoms with Crippen LogP contribution >= 0.6 is 11.6 Å². The number of rotatable bonds is 2. The van der Waals surface area contributed by atoms with Gasteiger partial charge in [-0.1, -0.05) is 11.6 Å². The first kappa shape index (κ1) is 15.6. The molecule has 0 N–H and O–H groups in total. The van der Waals surface area contributed by atoms with Gasteiger partial charge in [-0.05, 0) is 38.3 Å². The molecule has 1 aromatic heterocycles. The van der Waals surface area contributed by atoms with Gasteiger partial charge in [-0.25, -0.2) is 4.98 Å². The van der Waals surface area contributed by atoms with Crippen molar-refractivity contribution in [2.75, 3.05) is 37.7 Å². The molecule has 1 atom stereocenters. The molecular formula is C16H22ClN3O2. The quantitative estimate of drug-likeness (QED) is 0.838. The van der Waals surface area contributed by atoms with E-state index in [-0.39, 0.29) is 5.91 Å². The molecule has 2 aliphatic heterocycles. The molecule has 0 unspecified atom stereocenters. The number of aromatic nitrogens is 1. The fraction of sp³-hybridized carbons (Fsp3) is 0.625. The Labute approximate surface area is 136 Å². The Kier molecular flexibility index (Phi) is 4.54. The highest BCUT2D eigenvalue weighted by molar-refractivity contribution is 6.30. The monoisotopic (exact) mass is 323 g/mol. The van der Waals surface area contributed by atoms with Crippen molar-refractivity contribution in [3.8, 4) is 0 Å². The van der Waals surface area contributed by atoms with E-state index in [0.29, 0.717) is 24.7 Å². The lowest BCUT2D eigenvalue weighted by atomic mass is 9.94. The average molecular weight is 324 g/mol. The first-order valence-electron chi connectivity index (χ1n) is 7.88. The van der Waals surface area contributed by atoms with Gasteiger partial charge in [0.25, 0.3) is 5.91 Å². The van der Waals surface area contributed by atoms with Gasteiger partial charge in [0.05, 0.1) is 5.02 Å². The third kappa shape index (κ3) is 3.20. The summed E-state index contributed by atoms with van der Waals surface area (Å²) in [5.74, 6) is 1.05. The molecule has 2 fully saturated rings. The number of halogens is 1. The molecule has 6 heteroatoms. The number of ether oxygens (including phenoxy) is 1. The van der Waals surface area contributed by atoms with Crippen molar-refractivity contribution < 1.29 is 9.53 Å². The molecule has 120 valence electrons. The smallest absolute Gasteiger partial charge is 0.254 e. The summed E-state index contributed by atoms with van der Waals surface area (Å²) < 4.78 is 5.77. The highest BCUT2D eigenvalue weighted by Gasteiger charge is 2.39. The van der Waals surface area contributed by atoms with Crippen LogP contribution < -0.4 is 4.90 Å². The van der Waals surface area contributed by atoms with Gasteiger partial charge in [-0.2, -0.15) is 0 Å². The minimum absolute atomic E-state index is 0.135. The zero-order chi connectivity index (χ0) is 15.6. The van der Waals surface area contributed by atoms with Crippen LogP contribution in [0, 0.1) is 0 Å². The Balaban J connectivity index is 1.59. The van der Waals surface area contributed by atoms with Crippen molar-refractivity contribution in [2.45, 2.75) is 31.8 Å². The lowest BCUT2D eigenvalue weighted by Gasteiger charge is -2.41. The molecule has 1 amide bonds. The van der Waals surface area contributed by atoms with Crippen LogP contribution in [0.3, 0.4) is 0 Å². The normalized spacial score (nSPS) is 26.1. The zero-order valence-electron chi connectivity index (χ0n) is 12.9. The summed E-state index contributed by atoms with van der Waals surface area (Å²) in [5, 5.41) is 0.639. The Morgan fingerprint density at radius 3 is 2.64 bits per heavy atom. The van der Waals surface area contributed by atoms with E-state index in [9.17, 15) is 4.79 Å². The van der Waals surface area contributed by atoms with Crippen LogP contribution in [0.5, 0.6) is 0 Å². The second kappa shape index (κ2) is 6.42. The zero-order valence-corrected chi connectivity index (χ0v) is 13.7. The Morgan fingerprint density at radius 2 is 2.05 bits per heavy atom. The fourth-order valence-corrected chi connectivity index (χ4v) is 3.24. The van der Waals surface area contributed by atoms with E-state index in [1.807, 2.05) is 24.0 Å². The van der Waals surface area contributed by atoms with Gasteiger partial charge in [0, 0.05) is 39.0 Å². The van der Waals surface area contributed by atoms with Gasteiger partial charge in [-0.3, -0.25) is 4.79 Å². The largest absolute Gasteiger partial charge is 0.365 e. The number of pyridine rings is 1. The van der Waals surface area contributed by atoms with E-state index in [4.69, 9.17) is 16.3 Å². The standard InChI is InChI=1S/C16H22ClN3O2/c1-16(6-2-3-11-22-16)15(21)20-9-7-19(8-10-20)14-5-4-13(17)12-18-14/h4-5,12H,2-3,6-11H2,1H3/t16-/m1/s1. The summed E-state index contributed by atoms with van der Waals surface area (Å²) in [6.07, 6.45) is 4.60. The summed E-state index contributed by atoms with van der Waals surface area (Å²) in [4.78, 5) is 21.2. The van der Waals surface area contributed by atoms with Crippen molar-refractivity contribution in [2.24, 2.45) is 0 Å². The maximum absolute atomic E-state index is 12.7. The van der Waals surface area contributed by atoms with E-state index >= 15 is 0 Å². The molecule has 3 rings (SSSR count).